The van der Waals surface area contributed by atoms with Gasteiger partial charge in [0.1, 0.15) is 57.8 Å². The van der Waals surface area contributed by atoms with Crippen molar-refractivity contribution in [3.63, 3.8) is 0 Å². The van der Waals surface area contributed by atoms with E-state index in [-0.39, 0.29) is 29.4 Å². The molecule has 22 heteroatoms. The number of H-pyrrole nitrogens is 6. The molecule has 0 atom stereocenters. The molecule has 21 rings (SSSR count). The number of hydrogen-bond donors (Lipinski definition) is 6. The molecule has 121 heavy (non-hydrogen) atoms. The van der Waals surface area contributed by atoms with E-state index in [0.717, 1.165) is 242 Å². The first kappa shape index (κ1) is 77.7. The minimum absolute atomic E-state index is 0.00648. The second kappa shape index (κ2) is 33.2. The number of rotatable bonds is 21. The Morgan fingerprint density at radius 2 is 0.488 bits per heavy atom. The van der Waals surface area contributed by atoms with Gasteiger partial charge in [-0.25, -0.2) is 17.6 Å². The standard InChI is InChI=1S/C33H30F2N4O2.2C33H31FN4O2/c1-40-22-3-5-24-26-7-9-36-30(32(26)38-28(24)16-22)13-19(18-11-20(34)15-21(35)12-18)14-31-33-27(8-10-37-31)25-6-4-23(41-2)17-29(25)39-33;1-39-22-7-9-24-26-11-13-35-30(32(26)37-28(24)17-22)15-20(19-3-5-21(34)6-4-19)16-31-33-27(12-14-36-31)25-10-8-23(40-2)18-29(25)38-33;1-39-22-6-8-24-26-10-12-35-30(32(26)37-28(24)17-22)15-20(19-4-3-5-21(34)14-19)16-31-33-27(11-13-36-31)25-9-7-23(40-2)18-29(25)38-33/h3-6,11-12,15-17,19,38-39H,7-10,13-14H2,1-2H3;3-10,17-18,20,37-38H,11-16H2,1-2H3;3-9,14,17-18,20,37-38H,10-13,15-16H2,1-2H3. The maximum absolute atomic E-state index is 14.5. The van der Waals surface area contributed by atoms with Gasteiger partial charge in [-0.05, 0) is 254 Å². The Bertz CT molecular complexity index is 6400. The van der Waals surface area contributed by atoms with Crippen molar-refractivity contribution in [3.05, 3.63) is 283 Å². The number of fused-ring (bicyclic) bond motifs is 18. The van der Waals surface area contributed by atoms with Crippen LogP contribution < -0.4 is 28.4 Å². The number of ether oxygens (including phenoxy) is 6. The summed E-state index contributed by atoms with van der Waals surface area (Å²) in [6.07, 6.45) is 9.11. The lowest BCUT2D eigenvalue weighted by molar-refractivity contribution is 0.415. The summed E-state index contributed by atoms with van der Waals surface area (Å²) in [5.74, 6) is 3.09. The number of aromatic amines is 6. The Hall–Kier alpha value is -13.2. The molecule has 0 aliphatic carbocycles. The summed E-state index contributed by atoms with van der Waals surface area (Å²) >= 11 is 0. The van der Waals surface area contributed by atoms with Gasteiger partial charge < -0.3 is 58.3 Å². The van der Waals surface area contributed by atoms with Gasteiger partial charge in [0, 0.05) is 147 Å². The van der Waals surface area contributed by atoms with Gasteiger partial charge in [0.05, 0.1) is 111 Å². The van der Waals surface area contributed by atoms with Crippen molar-refractivity contribution in [1.29, 1.82) is 0 Å². The monoisotopic (exact) mass is 1620 g/mol. The Morgan fingerprint density at radius 3 is 0.736 bits per heavy atom. The fourth-order valence-electron chi connectivity index (χ4n) is 19.1. The van der Waals surface area contributed by atoms with Crippen molar-refractivity contribution < 1.29 is 46.0 Å². The first-order chi connectivity index (χ1) is 59.2. The lowest BCUT2D eigenvalue weighted by Gasteiger charge is -2.23. The molecule has 0 radical (unpaired) electrons. The second-order valence-corrected chi connectivity index (χ2v) is 31.9. The SMILES string of the molecule is COc1ccc2c3c([nH]c2c1)C(CC(CC1=NCCc2c1[nH]c1cc(OC)ccc21)c1cc(F)cc(F)c1)=NCC3.COc1ccc2c3c([nH]c2c1)C(CC(CC1=NCCc2c1[nH]c1cc(OC)ccc21)c1ccc(F)cc1)=NCC3.COc1ccc2c3c([nH]c2c1)C(CC(CC1=NCCc2c1[nH]c1cc(OC)ccc21)c1cccc(F)c1)=NCC3. The third-order valence-electron chi connectivity index (χ3n) is 25.1. The van der Waals surface area contributed by atoms with E-state index in [0.29, 0.717) is 44.3 Å². The number of methoxy groups -OCH3 is 6. The average Bonchev–Trinajstić information content (AvgIpc) is 1.65. The third kappa shape index (κ3) is 15.3. The number of aliphatic imine (C=N–C) groups is 6. The van der Waals surface area contributed by atoms with Crippen LogP contribution in [0.3, 0.4) is 0 Å². The van der Waals surface area contributed by atoms with Crippen molar-refractivity contribution in [2.24, 2.45) is 30.0 Å². The van der Waals surface area contributed by atoms with Gasteiger partial charge in [-0.15, -0.1) is 0 Å². The lowest BCUT2D eigenvalue weighted by Crippen LogP contribution is -2.20. The molecule has 12 heterocycles. The van der Waals surface area contributed by atoms with Crippen LogP contribution in [0.15, 0.2) is 206 Å². The maximum atomic E-state index is 14.5. The van der Waals surface area contributed by atoms with Crippen LogP contribution >= 0.6 is 0 Å². The summed E-state index contributed by atoms with van der Waals surface area (Å²) in [7, 11) is 10.1. The zero-order chi connectivity index (χ0) is 82.5. The van der Waals surface area contributed by atoms with E-state index < -0.39 is 11.6 Å². The van der Waals surface area contributed by atoms with Crippen LogP contribution in [0.25, 0.3) is 65.4 Å². The third-order valence-corrected chi connectivity index (χ3v) is 25.1. The van der Waals surface area contributed by atoms with Gasteiger partial charge in [-0.2, -0.15) is 0 Å². The van der Waals surface area contributed by atoms with Crippen molar-refractivity contribution in [1.82, 2.24) is 29.9 Å². The van der Waals surface area contributed by atoms with Crippen LogP contribution in [0.4, 0.5) is 17.6 Å². The molecule has 6 aliphatic rings. The molecular formula is C99H92F4N12O6. The Kier molecular flexibility index (Phi) is 21.3. The summed E-state index contributed by atoms with van der Waals surface area (Å²) in [4.78, 5) is 51.4. The first-order valence-electron chi connectivity index (χ1n) is 41.5. The largest absolute Gasteiger partial charge is 0.497 e. The zero-order valence-electron chi connectivity index (χ0n) is 68.3. The van der Waals surface area contributed by atoms with Gasteiger partial charge in [-0.1, -0.05) is 24.3 Å². The summed E-state index contributed by atoms with van der Waals surface area (Å²) < 4.78 is 90.1. The van der Waals surface area contributed by atoms with Crippen LogP contribution in [0.1, 0.15) is 141 Å². The van der Waals surface area contributed by atoms with E-state index in [2.05, 4.69) is 66.3 Å². The molecule has 0 spiro atoms. The fourth-order valence-corrected chi connectivity index (χ4v) is 19.1. The number of nitrogens with one attached hydrogen (secondary N) is 6. The molecule has 9 aromatic carbocycles. The molecule has 15 aromatic rings. The number of aromatic nitrogens is 6. The first-order valence-corrected chi connectivity index (χ1v) is 41.5. The van der Waals surface area contributed by atoms with Gasteiger partial charge in [0.15, 0.2) is 0 Å². The van der Waals surface area contributed by atoms with Gasteiger partial charge in [-0.3, -0.25) is 30.0 Å². The topological polar surface area (TPSA) is 224 Å². The van der Waals surface area contributed by atoms with E-state index in [1.54, 1.807) is 66.9 Å². The normalized spacial score (nSPS) is 14.7. The van der Waals surface area contributed by atoms with Crippen molar-refractivity contribution in [3.8, 4) is 34.5 Å². The molecule has 18 nitrogen and oxygen atoms in total. The van der Waals surface area contributed by atoms with Crippen molar-refractivity contribution >= 4 is 99.7 Å². The summed E-state index contributed by atoms with van der Waals surface area (Å²) in [5, 5.41) is 7.15. The smallest absolute Gasteiger partial charge is 0.126 e. The van der Waals surface area contributed by atoms with E-state index in [1.807, 2.05) is 91.0 Å². The average molecular weight is 1620 g/mol. The molecule has 0 unspecified atom stereocenters. The molecule has 0 amide bonds. The minimum Gasteiger partial charge on any atom is -0.497 e. The van der Waals surface area contributed by atoms with Crippen LogP contribution in [0.5, 0.6) is 34.5 Å². The van der Waals surface area contributed by atoms with Crippen LogP contribution in [0, 0.1) is 23.3 Å². The quantitative estimate of drug-likeness (QED) is 0.0384. The van der Waals surface area contributed by atoms with Gasteiger partial charge in [0.2, 0.25) is 0 Å². The molecular weight excluding hydrogens is 1530 g/mol. The van der Waals surface area contributed by atoms with Gasteiger partial charge in [0.25, 0.3) is 0 Å². The maximum Gasteiger partial charge on any atom is 0.126 e. The molecule has 6 N–H and O–H groups in total. The number of hydrogen-bond acceptors (Lipinski definition) is 12. The molecule has 0 fully saturated rings. The number of halogens is 4. The second-order valence-electron chi connectivity index (χ2n) is 31.9. The summed E-state index contributed by atoms with van der Waals surface area (Å²) in [6, 6.07) is 54.5. The predicted octanol–water partition coefficient (Wildman–Crippen LogP) is 20.4. The number of benzene rings is 9. The van der Waals surface area contributed by atoms with Crippen molar-refractivity contribution in [2.75, 3.05) is 81.9 Å². The van der Waals surface area contributed by atoms with Crippen molar-refractivity contribution in [2.45, 2.75) is 94.8 Å². The fraction of sp³-hybridized carbons (Fsp3) is 0.273. The summed E-state index contributed by atoms with van der Waals surface area (Å²) in [5.41, 5.74) is 28.9. The van der Waals surface area contributed by atoms with Crippen LogP contribution in [-0.4, -0.2) is 146 Å². The highest BCUT2D eigenvalue weighted by Crippen LogP contribution is 2.43. The molecule has 6 aromatic heterocycles. The van der Waals surface area contributed by atoms with E-state index in [1.165, 1.54) is 73.1 Å². The molecule has 612 valence electrons. The lowest BCUT2D eigenvalue weighted by atomic mass is 9.84. The van der Waals surface area contributed by atoms with E-state index in [4.69, 9.17) is 58.4 Å². The molecule has 0 bridgehead atoms. The Balaban J connectivity index is 0.000000120. The minimum atomic E-state index is -0.585. The predicted molar refractivity (Wildman–Crippen MR) is 475 cm³/mol. The zero-order valence-corrected chi connectivity index (χ0v) is 68.3. The van der Waals surface area contributed by atoms with Crippen LogP contribution in [0.2, 0.25) is 0 Å². The number of nitrogens with zero attached hydrogens (tertiary/aromatic N) is 6. The molecule has 0 saturated carbocycles. The van der Waals surface area contributed by atoms with Crippen LogP contribution in [-0.2, 0) is 38.5 Å². The van der Waals surface area contributed by atoms with E-state index >= 15 is 0 Å². The highest BCUT2D eigenvalue weighted by Gasteiger charge is 2.33. The Morgan fingerprint density at radius 1 is 0.248 bits per heavy atom. The molecule has 0 saturated heterocycles. The highest BCUT2D eigenvalue weighted by molar-refractivity contribution is 6.13. The summed E-state index contributed by atoms with van der Waals surface area (Å²) in [6.45, 7) is 4.33. The van der Waals surface area contributed by atoms with E-state index in [9.17, 15) is 17.6 Å². The van der Waals surface area contributed by atoms with Gasteiger partial charge >= 0.3 is 0 Å². The highest BCUT2D eigenvalue weighted by atomic mass is 19.1. The Labute approximate surface area is 696 Å². The molecule has 6 aliphatic heterocycles.